The molecule has 3 N–H and O–H groups in total. The van der Waals surface area contributed by atoms with E-state index in [2.05, 4.69) is 22.3 Å². The van der Waals surface area contributed by atoms with Crippen LogP contribution in [0.4, 0.5) is 4.39 Å². The lowest BCUT2D eigenvalue weighted by Gasteiger charge is -2.12. The fourth-order valence-corrected chi connectivity index (χ4v) is 3.88. The first-order valence-electron chi connectivity index (χ1n) is 10.1. The van der Waals surface area contributed by atoms with Crippen molar-refractivity contribution in [1.29, 1.82) is 0 Å². The fraction of sp³-hybridized carbons (Fsp3) is 0.167. The number of aliphatic hydroxyl groups is 1. The molecule has 6 nitrogen and oxygen atoms in total. The van der Waals surface area contributed by atoms with Crippen LogP contribution >= 0.6 is 11.8 Å². The highest BCUT2D eigenvalue weighted by Gasteiger charge is 2.14. The van der Waals surface area contributed by atoms with E-state index in [9.17, 15) is 9.50 Å². The normalized spacial score (nSPS) is 11.9. The monoisotopic (exact) mass is 450 g/mol. The average molecular weight is 451 g/mol. The molecule has 1 heterocycles. The van der Waals surface area contributed by atoms with Crippen LogP contribution in [-0.4, -0.2) is 38.4 Å². The molecule has 0 aliphatic carbocycles. The van der Waals surface area contributed by atoms with Crippen molar-refractivity contribution in [2.75, 3.05) is 18.2 Å². The highest BCUT2D eigenvalue weighted by molar-refractivity contribution is 7.99. The molecule has 8 heteroatoms. The summed E-state index contributed by atoms with van der Waals surface area (Å²) in [6.07, 6.45) is -0.263. The summed E-state index contributed by atoms with van der Waals surface area (Å²) in [7, 11) is 0. The van der Waals surface area contributed by atoms with Gasteiger partial charge in [-0.2, -0.15) is 0 Å². The summed E-state index contributed by atoms with van der Waals surface area (Å²) in [6, 6.07) is 24.0. The molecule has 1 aromatic heterocycles. The molecule has 0 aliphatic heterocycles. The van der Waals surface area contributed by atoms with E-state index in [1.54, 1.807) is 12.1 Å². The smallest absolute Gasteiger partial charge is 0.209 e. The molecule has 3 aromatic carbocycles. The summed E-state index contributed by atoms with van der Waals surface area (Å²) in [6.45, 7) is 0.152. The van der Waals surface area contributed by atoms with E-state index in [4.69, 9.17) is 10.6 Å². The minimum atomic E-state index is -0.703. The second-order valence-electron chi connectivity index (χ2n) is 7.24. The van der Waals surface area contributed by atoms with E-state index in [0.29, 0.717) is 28.9 Å². The lowest BCUT2D eigenvalue weighted by atomic mass is 10.1. The van der Waals surface area contributed by atoms with Gasteiger partial charge in [0.2, 0.25) is 5.16 Å². The summed E-state index contributed by atoms with van der Waals surface area (Å²) in [5.74, 6) is 7.39. The van der Waals surface area contributed by atoms with Crippen molar-refractivity contribution >= 4 is 11.8 Å². The summed E-state index contributed by atoms with van der Waals surface area (Å²) < 4.78 is 20.1. The number of nitrogen functional groups attached to an aromatic ring is 1. The van der Waals surface area contributed by atoms with Gasteiger partial charge < -0.3 is 15.7 Å². The molecule has 0 saturated carbocycles. The third kappa shape index (κ3) is 5.66. The first-order valence-corrected chi connectivity index (χ1v) is 11.1. The Morgan fingerprint density at radius 3 is 2.34 bits per heavy atom. The quantitative estimate of drug-likeness (QED) is 0.297. The highest BCUT2D eigenvalue weighted by atomic mass is 32.2. The Morgan fingerprint density at radius 2 is 1.62 bits per heavy atom. The molecule has 0 aliphatic rings. The van der Waals surface area contributed by atoms with Gasteiger partial charge in [0, 0.05) is 12.2 Å². The van der Waals surface area contributed by atoms with Crippen LogP contribution in [0.3, 0.4) is 0 Å². The van der Waals surface area contributed by atoms with Gasteiger partial charge in [0.15, 0.2) is 5.82 Å². The van der Waals surface area contributed by atoms with Crippen molar-refractivity contribution in [1.82, 2.24) is 14.9 Å². The topological polar surface area (TPSA) is 86.2 Å². The highest BCUT2D eigenvalue weighted by Crippen LogP contribution is 2.23. The second-order valence-corrected chi connectivity index (χ2v) is 8.23. The number of benzene rings is 3. The van der Waals surface area contributed by atoms with E-state index in [0.717, 1.165) is 16.7 Å². The first kappa shape index (κ1) is 21.9. The number of thioether (sulfide) groups is 1. The van der Waals surface area contributed by atoms with E-state index >= 15 is 0 Å². The minimum Gasteiger partial charge on any atom is -0.491 e. The van der Waals surface area contributed by atoms with E-state index in [1.165, 1.54) is 28.6 Å². The maximum absolute atomic E-state index is 13.0. The van der Waals surface area contributed by atoms with Gasteiger partial charge in [0.05, 0.1) is 6.10 Å². The standard InChI is InChI=1S/C24H23FN4O2S/c25-20-10-6-17(7-11-20)14-23-27-28-24(29(23)26)32-16-21(30)15-31-22-12-8-19(9-13-22)18-4-2-1-3-5-18/h1-13,21,30H,14-16,26H2. The molecular weight excluding hydrogens is 427 g/mol. The van der Waals surface area contributed by atoms with Crippen LogP contribution in [0.2, 0.25) is 0 Å². The number of aromatic nitrogens is 3. The molecule has 164 valence electrons. The van der Waals surface area contributed by atoms with Crippen LogP contribution in [0.15, 0.2) is 84.0 Å². The van der Waals surface area contributed by atoms with Crippen molar-refractivity contribution in [2.45, 2.75) is 17.7 Å². The van der Waals surface area contributed by atoms with Crippen LogP contribution in [0, 0.1) is 5.82 Å². The second kappa shape index (κ2) is 10.3. The summed E-state index contributed by atoms with van der Waals surface area (Å²) in [5, 5.41) is 19.0. The van der Waals surface area contributed by atoms with Crippen LogP contribution in [-0.2, 0) is 6.42 Å². The van der Waals surface area contributed by atoms with Crippen molar-refractivity contribution in [2.24, 2.45) is 0 Å². The molecule has 0 bridgehead atoms. The SMILES string of the molecule is Nn1c(Cc2ccc(F)cc2)nnc1SCC(O)COc1ccc(-c2ccccc2)cc1. The Balaban J connectivity index is 1.26. The molecule has 32 heavy (non-hydrogen) atoms. The van der Waals surface area contributed by atoms with Crippen molar-refractivity contribution < 1.29 is 14.2 Å². The molecule has 0 saturated heterocycles. The number of hydrogen-bond acceptors (Lipinski definition) is 6. The molecular formula is C24H23FN4O2S. The molecule has 0 amide bonds. The third-order valence-corrected chi connectivity index (χ3v) is 5.91. The minimum absolute atomic E-state index is 0.152. The number of rotatable bonds is 9. The molecule has 0 fully saturated rings. The van der Waals surface area contributed by atoms with E-state index in [1.807, 2.05) is 42.5 Å². The fourth-order valence-electron chi connectivity index (χ4n) is 3.10. The predicted molar refractivity (Wildman–Crippen MR) is 123 cm³/mol. The average Bonchev–Trinajstić information content (AvgIpc) is 3.17. The van der Waals surface area contributed by atoms with Crippen molar-refractivity contribution in [3.63, 3.8) is 0 Å². The molecule has 1 atom stereocenters. The Morgan fingerprint density at radius 1 is 0.938 bits per heavy atom. The van der Waals surface area contributed by atoms with Gasteiger partial charge in [-0.1, -0.05) is 66.4 Å². The predicted octanol–water partition coefficient (Wildman–Crippen LogP) is 3.92. The molecule has 4 aromatic rings. The van der Waals surface area contributed by atoms with Gasteiger partial charge in [-0.25, -0.2) is 9.07 Å². The lowest BCUT2D eigenvalue weighted by Crippen LogP contribution is -2.21. The molecule has 4 rings (SSSR count). The summed E-state index contributed by atoms with van der Waals surface area (Å²) in [5.41, 5.74) is 3.13. The van der Waals surface area contributed by atoms with Gasteiger partial charge in [-0.15, -0.1) is 10.2 Å². The third-order valence-electron chi connectivity index (χ3n) is 4.82. The first-order chi connectivity index (χ1) is 15.6. The Bertz CT molecular complexity index is 1140. The van der Waals surface area contributed by atoms with Gasteiger partial charge in [0.25, 0.3) is 0 Å². The van der Waals surface area contributed by atoms with Gasteiger partial charge >= 0.3 is 0 Å². The molecule has 1 unspecified atom stereocenters. The summed E-state index contributed by atoms with van der Waals surface area (Å²) >= 11 is 1.30. The van der Waals surface area contributed by atoms with Crippen molar-refractivity contribution in [3.05, 3.63) is 96.1 Å². The van der Waals surface area contributed by atoms with Gasteiger partial charge in [0.1, 0.15) is 18.2 Å². The van der Waals surface area contributed by atoms with Gasteiger partial charge in [-0.05, 0) is 41.0 Å². The number of nitrogens with two attached hydrogens (primary N) is 1. The molecule has 0 spiro atoms. The number of hydrogen-bond donors (Lipinski definition) is 2. The molecule has 0 radical (unpaired) electrons. The lowest BCUT2D eigenvalue weighted by molar-refractivity contribution is 0.126. The van der Waals surface area contributed by atoms with E-state index < -0.39 is 6.10 Å². The zero-order chi connectivity index (χ0) is 22.3. The maximum atomic E-state index is 13.0. The Kier molecular flexibility index (Phi) is 7.03. The van der Waals surface area contributed by atoms with Gasteiger partial charge in [-0.3, -0.25) is 0 Å². The zero-order valence-corrected chi connectivity index (χ0v) is 18.1. The summed E-state index contributed by atoms with van der Waals surface area (Å²) in [4.78, 5) is 0. The van der Waals surface area contributed by atoms with Crippen LogP contribution < -0.4 is 10.6 Å². The number of aliphatic hydroxyl groups excluding tert-OH is 1. The van der Waals surface area contributed by atoms with Crippen LogP contribution in [0.1, 0.15) is 11.4 Å². The number of halogens is 1. The maximum Gasteiger partial charge on any atom is 0.209 e. The Labute approximate surface area is 189 Å². The van der Waals surface area contributed by atoms with Crippen LogP contribution in [0.5, 0.6) is 5.75 Å². The number of ether oxygens (including phenoxy) is 1. The van der Waals surface area contributed by atoms with Crippen molar-refractivity contribution in [3.8, 4) is 16.9 Å². The Hall–Kier alpha value is -3.36. The largest absolute Gasteiger partial charge is 0.491 e. The zero-order valence-electron chi connectivity index (χ0n) is 17.3. The number of nitrogens with zero attached hydrogens (tertiary/aromatic N) is 3. The van der Waals surface area contributed by atoms with E-state index in [-0.39, 0.29) is 12.4 Å². The van der Waals surface area contributed by atoms with Crippen LogP contribution in [0.25, 0.3) is 11.1 Å².